The highest BCUT2D eigenvalue weighted by Gasteiger charge is 2.23. The van der Waals surface area contributed by atoms with Gasteiger partial charge < -0.3 is 0 Å². The summed E-state index contributed by atoms with van der Waals surface area (Å²) >= 11 is 13.3. The lowest BCUT2D eigenvalue weighted by molar-refractivity contribution is 0.527. The van der Waals surface area contributed by atoms with Crippen LogP contribution in [-0.2, 0) is 12.8 Å². The van der Waals surface area contributed by atoms with Crippen LogP contribution in [0.1, 0.15) is 73.3 Å². The predicted octanol–water partition coefficient (Wildman–Crippen LogP) is 9.23. The first kappa shape index (κ1) is 24.7. The summed E-state index contributed by atoms with van der Waals surface area (Å²) in [6, 6.07) is 13.1. The Morgan fingerprint density at radius 3 is 1.97 bits per heavy atom. The number of rotatable bonds is 7. The van der Waals surface area contributed by atoms with Gasteiger partial charge in [0, 0.05) is 15.6 Å². The molecule has 0 aliphatic heterocycles. The number of halogens is 5. The van der Waals surface area contributed by atoms with Crippen molar-refractivity contribution in [1.82, 2.24) is 0 Å². The van der Waals surface area contributed by atoms with Crippen molar-refractivity contribution in [3.63, 3.8) is 0 Å². The molecule has 2 unspecified atom stereocenters. The monoisotopic (exact) mass is 478 g/mol. The first-order chi connectivity index (χ1) is 15.1. The summed E-state index contributed by atoms with van der Waals surface area (Å²) in [7, 11) is 0. The van der Waals surface area contributed by atoms with Gasteiger partial charge in [0.15, 0.2) is 0 Å². The van der Waals surface area contributed by atoms with Gasteiger partial charge in [-0.05, 0) is 71.0 Å². The summed E-state index contributed by atoms with van der Waals surface area (Å²) in [4.78, 5) is 0. The minimum Gasteiger partial charge on any atom is -0.207 e. The fourth-order valence-corrected chi connectivity index (χ4v) is 5.09. The molecule has 0 aromatic heterocycles. The van der Waals surface area contributed by atoms with Crippen LogP contribution in [0, 0.1) is 17.5 Å². The molecule has 0 aliphatic rings. The molecule has 0 bridgehead atoms. The maximum atomic E-state index is 15.0. The van der Waals surface area contributed by atoms with Crippen molar-refractivity contribution < 1.29 is 13.2 Å². The molecule has 0 spiro atoms. The molecule has 3 aromatic rings. The smallest absolute Gasteiger partial charge is 0.132 e. The molecule has 0 heterocycles. The second kappa shape index (κ2) is 10.3. The average Bonchev–Trinajstić information content (AvgIpc) is 2.72. The molecule has 0 radical (unpaired) electrons. The van der Waals surface area contributed by atoms with E-state index in [0.717, 1.165) is 11.1 Å². The Labute approximate surface area is 198 Å². The molecule has 2 atom stereocenters. The van der Waals surface area contributed by atoms with Gasteiger partial charge >= 0.3 is 0 Å². The zero-order valence-electron chi connectivity index (χ0n) is 18.7. The third-order valence-corrected chi connectivity index (χ3v) is 6.75. The Bertz CT molecular complexity index is 1110. The molecule has 0 saturated carbocycles. The van der Waals surface area contributed by atoms with Crippen LogP contribution in [0.2, 0.25) is 10.0 Å². The predicted molar refractivity (Wildman–Crippen MR) is 128 cm³/mol. The van der Waals surface area contributed by atoms with Crippen molar-refractivity contribution in [1.29, 1.82) is 0 Å². The highest BCUT2D eigenvalue weighted by Crippen LogP contribution is 2.38. The van der Waals surface area contributed by atoms with E-state index < -0.39 is 11.6 Å². The summed E-state index contributed by atoms with van der Waals surface area (Å²) < 4.78 is 43.3. The van der Waals surface area contributed by atoms with Crippen molar-refractivity contribution in [2.45, 2.75) is 58.3 Å². The van der Waals surface area contributed by atoms with E-state index in [2.05, 4.69) is 0 Å². The fraction of sp³-hybridized carbons (Fsp3) is 0.333. The first-order valence-electron chi connectivity index (χ1n) is 10.8. The van der Waals surface area contributed by atoms with E-state index >= 15 is 0 Å². The molecule has 0 aliphatic carbocycles. The van der Waals surface area contributed by atoms with Crippen molar-refractivity contribution in [3.8, 4) is 0 Å². The van der Waals surface area contributed by atoms with Crippen LogP contribution in [0.25, 0.3) is 0 Å². The van der Waals surface area contributed by atoms with Crippen LogP contribution in [0.3, 0.4) is 0 Å². The fourth-order valence-electron chi connectivity index (χ4n) is 4.27. The topological polar surface area (TPSA) is 0 Å². The second-order valence-corrected chi connectivity index (χ2v) is 9.54. The van der Waals surface area contributed by atoms with E-state index in [1.165, 1.54) is 18.2 Å². The van der Waals surface area contributed by atoms with Gasteiger partial charge in [-0.3, -0.25) is 0 Å². The number of hydrogen-bond acceptors (Lipinski definition) is 0. The lowest BCUT2D eigenvalue weighted by Crippen LogP contribution is -2.08. The van der Waals surface area contributed by atoms with Gasteiger partial charge in [-0.15, -0.1) is 0 Å². The van der Waals surface area contributed by atoms with Crippen LogP contribution < -0.4 is 0 Å². The molecule has 32 heavy (non-hydrogen) atoms. The van der Waals surface area contributed by atoms with Crippen molar-refractivity contribution in [3.05, 3.63) is 104 Å². The highest BCUT2D eigenvalue weighted by molar-refractivity contribution is 6.36. The summed E-state index contributed by atoms with van der Waals surface area (Å²) in [6.45, 7) is 7.41. The Balaban J connectivity index is 1.90. The van der Waals surface area contributed by atoms with Gasteiger partial charge in [-0.25, -0.2) is 13.2 Å². The summed E-state index contributed by atoms with van der Waals surface area (Å²) in [5.41, 5.74) is 2.74. The van der Waals surface area contributed by atoms with Gasteiger partial charge in [0.1, 0.15) is 17.5 Å². The molecular formula is C27H27Cl2F3. The van der Waals surface area contributed by atoms with E-state index in [4.69, 9.17) is 23.2 Å². The molecule has 0 saturated heterocycles. The average molecular weight is 479 g/mol. The van der Waals surface area contributed by atoms with E-state index in [-0.39, 0.29) is 29.1 Å². The van der Waals surface area contributed by atoms with Crippen molar-refractivity contribution in [2.24, 2.45) is 0 Å². The number of hydrogen-bond donors (Lipinski definition) is 0. The van der Waals surface area contributed by atoms with E-state index in [1.54, 1.807) is 32.0 Å². The van der Waals surface area contributed by atoms with Crippen LogP contribution in [0.5, 0.6) is 0 Å². The zero-order chi connectivity index (χ0) is 23.6. The minimum atomic E-state index is -0.533. The van der Waals surface area contributed by atoms with Crippen molar-refractivity contribution in [2.75, 3.05) is 0 Å². The lowest BCUT2D eigenvalue weighted by atomic mass is 9.88. The van der Waals surface area contributed by atoms with Crippen LogP contribution >= 0.6 is 23.2 Å². The molecule has 0 fully saturated rings. The Morgan fingerprint density at radius 2 is 1.31 bits per heavy atom. The van der Waals surface area contributed by atoms with Gasteiger partial charge in [-0.1, -0.05) is 81.2 Å². The first-order valence-corrected chi connectivity index (χ1v) is 11.5. The quantitative estimate of drug-likeness (QED) is 0.317. The minimum absolute atomic E-state index is 0.0822. The Kier molecular flexibility index (Phi) is 7.95. The van der Waals surface area contributed by atoms with Gasteiger partial charge in [-0.2, -0.15) is 0 Å². The molecule has 0 nitrogen and oxygen atoms in total. The summed E-state index contributed by atoms with van der Waals surface area (Å²) in [5.74, 6) is -1.83. The van der Waals surface area contributed by atoms with Crippen molar-refractivity contribution >= 4 is 23.2 Å². The normalized spacial score (nSPS) is 13.4. The van der Waals surface area contributed by atoms with E-state index in [9.17, 15) is 13.2 Å². The summed E-state index contributed by atoms with van der Waals surface area (Å²) in [6.07, 6.45) is 0.872. The van der Waals surface area contributed by atoms with Crippen LogP contribution in [0.15, 0.2) is 48.5 Å². The molecule has 3 rings (SSSR count). The summed E-state index contributed by atoms with van der Waals surface area (Å²) in [5, 5.41) is 1.01. The number of benzene rings is 3. The Morgan fingerprint density at radius 1 is 0.688 bits per heavy atom. The molecule has 3 aromatic carbocycles. The molecule has 170 valence electrons. The third-order valence-electron chi connectivity index (χ3n) is 5.97. The second-order valence-electron chi connectivity index (χ2n) is 8.75. The van der Waals surface area contributed by atoms with Crippen LogP contribution in [0.4, 0.5) is 13.2 Å². The molecule has 0 N–H and O–H groups in total. The van der Waals surface area contributed by atoms with Gasteiger partial charge in [0.2, 0.25) is 0 Å². The lowest BCUT2D eigenvalue weighted by Gasteiger charge is -2.21. The third kappa shape index (κ3) is 5.15. The van der Waals surface area contributed by atoms with Gasteiger partial charge in [0.25, 0.3) is 0 Å². The zero-order valence-corrected chi connectivity index (χ0v) is 20.2. The molecular weight excluding hydrogens is 452 g/mol. The maximum absolute atomic E-state index is 15.0. The highest BCUT2D eigenvalue weighted by atomic mass is 35.5. The van der Waals surface area contributed by atoms with Gasteiger partial charge in [0.05, 0.1) is 0 Å². The molecule has 0 amide bonds. The van der Waals surface area contributed by atoms with Crippen LogP contribution in [-0.4, -0.2) is 0 Å². The maximum Gasteiger partial charge on any atom is 0.132 e. The standard InChI is InChI=1S/C27H27Cl2F3/c1-15(2)24-23(31)12-10-19(27(24)32)14-17(4)25-21(28)11-9-18(26(25)29)13-16(3)20-7-5-6-8-22(20)30/h5-12,15-17H,13-14H2,1-4H3. The van der Waals surface area contributed by atoms with E-state index in [1.807, 2.05) is 26.0 Å². The largest absolute Gasteiger partial charge is 0.207 e. The van der Waals surface area contributed by atoms with E-state index in [0.29, 0.717) is 34.0 Å². The SMILES string of the molecule is CC(C)c1c(F)ccc(CC(C)c2c(Cl)ccc(CC(C)c3ccccc3F)c2Cl)c1F. The Hall–Kier alpha value is -1.97. The molecule has 5 heteroatoms.